The van der Waals surface area contributed by atoms with Crippen molar-refractivity contribution in [2.75, 3.05) is 14.1 Å². The number of aliphatic hydroxyl groups is 1. The highest BCUT2D eigenvalue weighted by Crippen LogP contribution is 2.43. The van der Waals surface area contributed by atoms with Gasteiger partial charge in [0.25, 0.3) is 0 Å². The van der Waals surface area contributed by atoms with Gasteiger partial charge in [-0.1, -0.05) is 91.0 Å². The maximum atomic E-state index is 12.0. The lowest BCUT2D eigenvalue weighted by atomic mass is 9.77. The van der Waals surface area contributed by atoms with E-state index in [1.54, 1.807) is 0 Å². The molecule has 0 spiro atoms. The summed E-state index contributed by atoms with van der Waals surface area (Å²) >= 11 is 0. The molecule has 0 saturated carbocycles. The van der Waals surface area contributed by atoms with E-state index in [-0.39, 0.29) is 6.04 Å². The molecule has 0 radical (unpaired) electrons. The van der Waals surface area contributed by atoms with Crippen molar-refractivity contribution in [2.24, 2.45) is 0 Å². The van der Waals surface area contributed by atoms with E-state index in [1.807, 2.05) is 93.0 Å². The molecule has 3 aromatic rings. The number of hydrogen-bond donors (Lipinski definition) is 1. The molecule has 1 atom stereocenters. The van der Waals surface area contributed by atoms with Gasteiger partial charge in [0.2, 0.25) is 0 Å². The quantitative estimate of drug-likeness (QED) is 0.761. The second kappa shape index (κ2) is 7.00. The Labute approximate surface area is 144 Å². The van der Waals surface area contributed by atoms with Crippen LogP contribution in [0.5, 0.6) is 0 Å². The van der Waals surface area contributed by atoms with Gasteiger partial charge in [0.05, 0.1) is 6.04 Å². The molecular formula is C22H23NO. The van der Waals surface area contributed by atoms with Crippen LogP contribution in [0.3, 0.4) is 0 Å². The monoisotopic (exact) mass is 317 g/mol. The summed E-state index contributed by atoms with van der Waals surface area (Å²) in [7, 11) is 4.02. The van der Waals surface area contributed by atoms with Crippen molar-refractivity contribution in [3.8, 4) is 0 Å². The first-order valence-electron chi connectivity index (χ1n) is 8.19. The first kappa shape index (κ1) is 16.4. The van der Waals surface area contributed by atoms with Crippen molar-refractivity contribution >= 4 is 0 Å². The van der Waals surface area contributed by atoms with Crippen molar-refractivity contribution in [1.29, 1.82) is 0 Å². The summed E-state index contributed by atoms with van der Waals surface area (Å²) in [6, 6.07) is 29.8. The summed E-state index contributed by atoms with van der Waals surface area (Å²) in [6.45, 7) is 0. The fraction of sp³-hybridized carbons (Fsp3) is 0.182. The van der Waals surface area contributed by atoms with E-state index >= 15 is 0 Å². The molecule has 0 bridgehead atoms. The molecule has 3 rings (SSSR count). The van der Waals surface area contributed by atoms with Crippen LogP contribution in [0.25, 0.3) is 0 Å². The zero-order valence-corrected chi connectivity index (χ0v) is 14.1. The van der Waals surface area contributed by atoms with Gasteiger partial charge in [0.15, 0.2) is 0 Å². The lowest BCUT2D eigenvalue weighted by molar-refractivity contribution is -0.00473. The second-order valence-electron chi connectivity index (χ2n) is 6.28. The van der Waals surface area contributed by atoms with E-state index in [4.69, 9.17) is 0 Å². The van der Waals surface area contributed by atoms with Crippen LogP contribution in [-0.2, 0) is 5.60 Å². The molecule has 0 aliphatic rings. The molecular weight excluding hydrogens is 294 g/mol. The fourth-order valence-corrected chi connectivity index (χ4v) is 3.42. The van der Waals surface area contributed by atoms with Crippen molar-refractivity contribution in [1.82, 2.24) is 4.90 Å². The first-order valence-corrected chi connectivity index (χ1v) is 8.19. The normalized spacial score (nSPS) is 13.0. The summed E-state index contributed by atoms with van der Waals surface area (Å²) in [5, 5.41) is 12.0. The Morgan fingerprint density at radius 3 is 1.42 bits per heavy atom. The molecule has 0 aliphatic carbocycles. The zero-order valence-electron chi connectivity index (χ0n) is 14.1. The van der Waals surface area contributed by atoms with Gasteiger partial charge >= 0.3 is 0 Å². The largest absolute Gasteiger partial charge is 0.378 e. The highest BCUT2D eigenvalue weighted by molar-refractivity contribution is 5.41. The van der Waals surface area contributed by atoms with Gasteiger partial charge in [-0.05, 0) is 30.8 Å². The lowest BCUT2D eigenvalue weighted by Crippen LogP contribution is -2.42. The van der Waals surface area contributed by atoms with Crippen LogP contribution in [0, 0.1) is 0 Å². The van der Waals surface area contributed by atoms with Crippen LogP contribution in [0.2, 0.25) is 0 Å². The molecule has 3 aromatic carbocycles. The highest BCUT2D eigenvalue weighted by atomic mass is 16.3. The molecule has 1 unspecified atom stereocenters. The van der Waals surface area contributed by atoms with Crippen molar-refractivity contribution in [3.05, 3.63) is 108 Å². The Balaban J connectivity index is 2.24. The van der Waals surface area contributed by atoms with Crippen LogP contribution >= 0.6 is 0 Å². The smallest absolute Gasteiger partial charge is 0.134 e. The van der Waals surface area contributed by atoms with Gasteiger partial charge in [0.1, 0.15) is 5.60 Å². The Bertz CT molecular complexity index is 714. The third kappa shape index (κ3) is 2.99. The van der Waals surface area contributed by atoms with Crippen LogP contribution in [0.15, 0.2) is 91.0 Å². The van der Waals surface area contributed by atoms with Gasteiger partial charge in [-0.15, -0.1) is 0 Å². The van der Waals surface area contributed by atoms with Crippen LogP contribution in [-0.4, -0.2) is 24.1 Å². The van der Waals surface area contributed by atoms with Gasteiger partial charge in [0, 0.05) is 0 Å². The average molecular weight is 317 g/mol. The fourth-order valence-electron chi connectivity index (χ4n) is 3.42. The van der Waals surface area contributed by atoms with Crippen molar-refractivity contribution in [3.63, 3.8) is 0 Å². The molecule has 2 heteroatoms. The predicted octanol–water partition coefficient (Wildman–Crippen LogP) is 4.23. The molecule has 0 heterocycles. The highest BCUT2D eigenvalue weighted by Gasteiger charge is 2.42. The van der Waals surface area contributed by atoms with Crippen LogP contribution in [0.1, 0.15) is 22.7 Å². The van der Waals surface area contributed by atoms with E-state index in [0.29, 0.717) is 0 Å². The topological polar surface area (TPSA) is 23.5 Å². The van der Waals surface area contributed by atoms with Gasteiger partial charge < -0.3 is 5.11 Å². The van der Waals surface area contributed by atoms with Crippen LogP contribution < -0.4 is 0 Å². The molecule has 122 valence electrons. The minimum Gasteiger partial charge on any atom is -0.378 e. The van der Waals surface area contributed by atoms with Crippen LogP contribution in [0.4, 0.5) is 0 Å². The summed E-state index contributed by atoms with van der Waals surface area (Å²) in [4.78, 5) is 2.08. The molecule has 1 N–H and O–H groups in total. The number of nitrogens with zero attached hydrogens (tertiary/aromatic N) is 1. The molecule has 0 fully saturated rings. The molecule has 0 aliphatic heterocycles. The van der Waals surface area contributed by atoms with Gasteiger partial charge in [-0.3, -0.25) is 4.90 Å². The Kier molecular flexibility index (Phi) is 4.79. The first-order chi connectivity index (χ1) is 11.6. The lowest BCUT2D eigenvalue weighted by Gasteiger charge is -2.41. The van der Waals surface area contributed by atoms with Gasteiger partial charge in [-0.2, -0.15) is 0 Å². The molecule has 0 amide bonds. The zero-order chi connectivity index (χ0) is 17.0. The SMILES string of the molecule is CN(C)C(c1ccccc1)C(O)(c1ccccc1)c1ccccc1. The van der Waals surface area contributed by atoms with Crippen molar-refractivity contribution < 1.29 is 5.11 Å². The third-order valence-electron chi connectivity index (χ3n) is 4.46. The summed E-state index contributed by atoms with van der Waals surface area (Å²) < 4.78 is 0. The third-order valence-corrected chi connectivity index (χ3v) is 4.46. The Morgan fingerprint density at radius 1 is 0.667 bits per heavy atom. The Morgan fingerprint density at radius 2 is 1.04 bits per heavy atom. The maximum Gasteiger partial charge on any atom is 0.134 e. The van der Waals surface area contributed by atoms with E-state index in [1.165, 1.54) is 0 Å². The summed E-state index contributed by atoms with van der Waals surface area (Å²) in [5.74, 6) is 0. The van der Waals surface area contributed by atoms with E-state index in [0.717, 1.165) is 16.7 Å². The minimum absolute atomic E-state index is 0.205. The molecule has 2 nitrogen and oxygen atoms in total. The van der Waals surface area contributed by atoms with Crippen molar-refractivity contribution in [2.45, 2.75) is 11.6 Å². The number of benzene rings is 3. The van der Waals surface area contributed by atoms with E-state index in [9.17, 15) is 5.11 Å². The van der Waals surface area contributed by atoms with Gasteiger partial charge in [-0.25, -0.2) is 0 Å². The van der Waals surface area contributed by atoms with E-state index < -0.39 is 5.60 Å². The second-order valence-corrected chi connectivity index (χ2v) is 6.28. The Hall–Kier alpha value is -2.42. The summed E-state index contributed by atoms with van der Waals surface area (Å²) in [6.07, 6.45) is 0. The van der Waals surface area contributed by atoms with E-state index in [2.05, 4.69) is 17.0 Å². The maximum absolute atomic E-state index is 12.0. The molecule has 0 saturated heterocycles. The molecule has 24 heavy (non-hydrogen) atoms. The molecule has 0 aromatic heterocycles. The summed E-state index contributed by atoms with van der Waals surface area (Å²) in [5.41, 5.74) is 1.71. The predicted molar refractivity (Wildman–Crippen MR) is 98.8 cm³/mol. The standard InChI is InChI=1S/C22H23NO/c1-23(2)21(18-12-6-3-7-13-18)22(24,19-14-8-4-9-15-19)20-16-10-5-11-17-20/h3-17,21,24H,1-2H3. The number of likely N-dealkylation sites (N-methyl/N-ethyl adjacent to an activating group) is 1. The minimum atomic E-state index is -1.15. The average Bonchev–Trinajstić information content (AvgIpc) is 2.64. The number of hydrogen-bond acceptors (Lipinski definition) is 2. The number of rotatable bonds is 5.